The molecule has 0 aliphatic carbocycles. The van der Waals surface area contributed by atoms with Crippen molar-refractivity contribution in [3.63, 3.8) is 0 Å². The minimum absolute atomic E-state index is 0.00539. The van der Waals surface area contributed by atoms with Crippen LogP contribution in [0.1, 0.15) is 39.0 Å². The van der Waals surface area contributed by atoms with Crippen LogP contribution in [0.25, 0.3) is 0 Å². The van der Waals surface area contributed by atoms with Crippen molar-refractivity contribution in [2.45, 2.75) is 43.9 Å². The summed E-state index contributed by atoms with van der Waals surface area (Å²) in [6.45, 7) is 3.67. The molecule has 0 aromatic heterocycles. The molecule has 7 heteroatoms. The van der Waals surface area contributed by atoms with E-state index in [-0.39, 0.29) is 10.9 Å². The van der Waals surface area contributed by atoms with E-state index in [4.69, 9.17) is 5.14 Å². The van der Waals surface area contributed by atoms with Crippen LogP contribution in [0.3, 0.4) is 0 Å². The fourth-order valence-corrected chi connectivity index (χ4v) is 3.58. The average Bonchev–Trinajstić information content (AvgIpc) is 2.73. The second-order valence-corrected chi connectivity index (χ2v) is 7.64. The van der Waals surface area contributed by atoms with Crippen molar-refractivity contribution in [2.75, 3.05) is 18.4 Å². The first-order chi connectivity index (χ1) is 10.9. The molecule has 1 atom stereocenters. The van der Waals surface area contributed by atoms with Crippen molar-refractivity contribution < 1.29 is 13.2 Å². The maximum Gasteiger partial charge on any atom is 0.321 e. The molecule has 2 rings (SSSR count). The van der Waals surface area contributed by atoms with E-state index < -0.39 is 10.0 Å². The van der Waals surface area contributed by atoms with Gasteiger partial charge in [-0.05, 0) is 43.4 Å². The lowest BCUT2D eigenvalue weighted by Gasteiger charge is -2.21. The molecule has 1 heterocycles. The summed E-state index contributed by atoms with van der Waals surface area (Å²) < 4.78 is 22.7. The van der Waals surface area contributed by atoms with E-state index in [1.807, 2.05) is 0 Å². The highest BCUT2D eigenvalue weighted by Gasteiger charge is 2.20. The van der Waals surface area contributed by atoms with Crippen LogP contribution in [0.5, 0.6) is 0 Å². The Kier molecular flexibility index (Phi) is 6.01. The van der Waals surface area contributed by atoms with Crippen LogP contribution in [-0.4, -0.2) is 32.4 Å². The molecule has 0 bridgehead atoms. The van der Waals surface area contributed by atoms with Gasteiger partial charge in [0.2, 0.25) is 10.0 Å². The number of likely N-dealkylation sites (tertiary alicyclic amines) is 1. The van der Waals surface area contributed by atoms with E-state index in [1.165, 1.54) is 31.4 Å². The molecule has 2 amide bonds. The molecule has 6 nitrogen and oxygen atoms in total. The number of amides is 2. The lowest BCUT2D eigenvalue weighted by Crippen LogP contribution is -2.35. The number of primary sulfonamides is 1. The Morgan fingerprint density at radius 2 is 2.13 bits per heavy atom. The molecule has 0 saturated carbocycles. The molecule has 128 valence electrons. The van der Waals surface area contributed by atoms with Gasteiger partial charge < -0.3 is 10.2 Å². The molecule has 1 aliphatic rings. The van der Waals surface area contributed by atoms with Crippen LogP contribution in [0, 0.1) is 5.92 Å². The zero-order chi connectivity index (χ0) is 16.9. The third-order valence-corrected chi connectivity index (χ3v) is 5.16. The second kappa shape index (κ2) is 7.79. The van der Waals surface area contributed by atoms with Crippen molar-refractivity contribution in [3.8, 4) is 0 Å². The van der Waals surface area contributed by atoms with E-state index in [1.54, 1.807) is 17.0 Å². The van der Waals surface area contributed by atoms with E-state index in [0.29, 0.717) is 11.6 Å². The number of sulfonamides is 1. The Morgan fingerprint density at radius 3 is 2.83 bits per heavy atom. The van der Waals surface area contributed by atoms with Crippen LogP contribution < -0.4 is 10.5 Å². The number of urea groups is 1. The molecule has 0 unspecified atom stereocenters. The van der Waals surface area contributed by atoms with Crippen molar-refractivity contribution in [2.24, 2.45) is 11.1 Å². The topological polar surface area (TPSA) is 92.5 Å². The van der Waals surface area contributed by atoms with E-state index in [0.717, 1.165) is 25.9 Å². The van der Waals surface area contributed by atoms with Gasteiger partial charge in [-0.15, -0.1) is 0 Å². The van der Waals surface area contributed by atoms with Crippen LogP contribution in [0.15, 0.2) is 29.2 Å². The van der Waals surface area contributed by atoms with E-state index in [2.05, 4.69) is 12.2 Å². The smallest absolute Gasteiger partial charge is 0.321 e. The number of rotatable bonds is 4. The number of hydrogen-bond donors (Lipinski definition) is 2. The highest BCUT2D eigenvalue weighted by molar-refractivity contribution is 7.89. The second-order valence-electron chi connectivity index (χ2n) is 6.08. The minimum atomic E-state index is -3.77. The predicted octanol–water partition coefficient (Wildman–Crippen LogP) is 2.77. The van der Waals surface area contributed by atoms with Crippen LogP contribution >= 0.6 is 0 Å². The molecular formula is C16H25N3O3S. The zero-order valence-electron chi connectivity index (χ0n) is 13.5. The lowest BCUT2D eigenvalue weighted by molar-refractivity contribution is 0.213. The van der Waals surface area contributed by atoms with Gasteiger partial charge in [-0.1, -0.05) is 25.8 Å². The molecule has 0 radical (unpaired) electrons. The molecule has 1 fully saturated rings. The first-order valence-corrected chi connectivity index (χ1v) is 9.63. The molecule has 1 saturated heterocycles. The highest BCUT2D eigenvalue weighted by atomic mass is 32.2. The first kappa shape index (κ1) is 17.7. The number of nitrogens with zero attached hydrogens (tertiary/aromatic N) is 1. The van der Waals surface area contributed by atoms with Crippen molar-refractivity contribution in [3.05, 3.63) is 24.3 Å². The quantitative estimate of drug-likeness (QED) is 0.883. The van der Waals surface area contributed by atoms with Gasteiger partial charge >= 0.3 is 6.03 Å². The van der Waals surface area contributed by atoms with Gasteiger partial charge in [0.15, 0.2) is 0 Å². The Hall–Kier alpha value is -1.60. The lowest BCUT2D eigenvalue weighted by atomic mass is 9.96. The maximum atomic E-state index is 12.4. The van der Waals surface area contributed by atoms with Gasteiger partial charge in [-0.3, -0.25) is 0 Å². The van der Waals surface area contributed by atoms with Gasteiger partial charge in [0.1, 0.15) is 0 Å². The third-order valence-electron chi connectivity index (χ3n) is 4.25. The van der Waals surface area contributed by atoms with Crippen molar-refractivity contribution in [1.29, 1.82) is 0 Å². The summed E-state index contributed by atoms with van der Waals surface area (Å²) in [5.41, 5.74) is 0.441. The summed E-state index contributed by atoms with van der Waals surface area (Å²) in [4.78, 5) is 14.2. The number of nitrogens with one attached hydrogen (secondary N) is 1. The highest BCUT2D eigenvalue weighted by Crippen LogP contribution is 2.22. The summed E-state index contributed by atoms with van der Waals surface area (Å²) in [5, 5.41) is 7.88. The summed E-state index contributed by atoms with van der Waals surface area (Å²) >= 11 is 0. The number of carbonyl (C=O) groups excluding carboxylic acids is 1. The van der Waals surface area contributed by atoms with Gasteiger partial charge in [0.05, 0.1) is 4.90 Å². The molecule has 1 aromatic rings. The average molecular weight is 339 g/mol. The van der Waals surface area contributed by atoms with Gasteiger partial charge in [0.25, 0.3) is 0 Å². The van der Waals surface area contributed by atoms with Gasteiger partial charge in [-0.2, -0.15) is 0 Å². The number of hydrogen-bond acceptors (Lipinski definition) is 3. The normalized spacial score (nSPS) is 19.2. The Morgan fingerprint density at radius 1 is 1.35 bits per heavy atom. The van der Waals surface area contributed by atoms with Crippen LogP contribution in [-0.2, 0) is 10.0 Å². The molecule has 0 spiro atoms. The molecule has 1 aromatic carbocycles. The monoisotopic (exact) mass is 339 g/mol. The standard InChI is InChI=1S/C16H25N3O3S/c1-2-5-13-6-4-10-19(11-9-13)16(20)18-14-7-3-8-15(12-14)23(17,21)22/h3,7-8,12-13H,2,4-6,9-11H2,1H3,(H,18,20)(H2,17,21,22)/t13-/m0/s1. The molecular weight excluding hydrogens is 314 g/mol. The number of carbonyl (C=O) groups is 1. The minimum Gasteiger partial charge on any atom is -0.325 e. The summed E-state index contributed by atoms with van der Waals surface area (Å²) in [7, 11) is -3.77. The van der Waals surface area contributed by atoms with Crippen LogP contribution in [0.4, 0.5) is 10.5 Å². The number of anilines is 1. The largest absolute Gasteiger partial charge is 0.325 e. The Labute approximate surface area is 138 Å². The molecule has 23 heavy (non-hydrogen) atoms. The van der Waals surface area contributed by atoms with Gasteiger partial charge in [-0.25, -0.2) is 18.4 Å². The zero-order valence-corrected chi connectivity index (χ0v) is 14.3. The van der Waals surface area contributed by atoms with E-state index in [9.17, 15) is 13.2 Å². The van der Waals surface area contributed by atoms with Crippen molar-refractivity contribution in [1.82, 2.24) is 4.90 Å². The maximum absolute atomic E-state index is 12.4. The Balaban J connectivity index is 1.99. The van der Waals surface area contributed by atoms with Crippen molar-refractivity contribution >= 4 is 21.7 Å². The molecule has 1 aliphatic heterocycles. The number of nitrogens with two attached hydrogens (primary N) is 1. The number of benzene rings is 1. The van der Waals surface area contributed by atoms with E-state index >= 15 is 0 Å². The predicted molar refractivity (Wildman–Crippen MR) is 90.7 cm³/mol. The fraction of sp³-hybridized carbons (Fsp3) is 0.562. The SMILES string of the molecule is CCC[C@H]1CCCN(C(=O)Nc2cccc(S(N)(=O)=O)c2)CC1. The summed E-state index contributed by atoms with van der Waals surface area (Å²) in [5.74, 6) is 0.698. The molecule has 3 N–H and O–H groups in total. The van der Waals surface area contributed by atoms with Crippen LogP contribution in [0.2, 0.25) is 0 Å². The van der Waals surface area contributed by atoms with Gasteiger partial charge in [0, 0.05) is 18.8 Å². The summed E-state index contributed by atoms with van der Waals surface area (Å²) in [6, 6.07) is 5.82. The first-order valence-electron chi connectivity index (χ1n) is 8.09. The Bertz CT molecular complexity index is 646. The fourth-order valence-electron chi connectivity index (χ4n) is 3.02. The third kappa shape index (κ3) is 5.21. The summed E-state index contributed by atoms with van der Waals surface area (Å²) in [6.07, 6.45) is 5.59.